The number of urea groups is 1. The molecule has 5 aromatic carbocycles. The SMILES string of the molecule is CO[C@H]1/C=C/O[C@@]2(C)Oc3c(C)c(O)c4c(=O)c(c5oc6cc(OCC[N+](C)(C)Cc7ccc(NC(=O)[C@H](CCCNC(N)=O)CC(=O)[C@@H](NC(=O)CCOCCOCCOCCOCCOCCOCCOCCOCCNC(=O)OCC8c9ccccc9-c9ccccc98)C(C)C)cc7)ccc6nc-5c4c3C2=O)NC(=O)/C(C)=C\C=C\[C@H](C)[C@H](O)[C@@H](C)[C@@H](O)[C@@H](C)[C@H](OC(C)=O)[C@@H]1C. The molecule has 734 valence electrons. The van der Waals surface area contributed by atoms with Gasteiger partial charge in [-0.1, -0.05) is 120 Å². The second-order valence-corrected chi connectivity index (χ2v) is 35.2. The van der Waals surface area contributed by atoms with Crippen molar-refractivity contribution in [2.75, 3.05) is 170 Å². The summed E-state index contributed by atoms with van der Waals surface area (Å²) in [7, 11) is 5.46. The second-order valence-electron chi connectivity index (χ2n) is 35.2. The van der Waals surface area contributed by atoms with Crippen LogP contribution in [0.4, 0.5) is 21.0 Å². The minimum atomic E-state index is -2.12. The number of aliphatic hydroxyl groups is 2. The number of aliphatic hydroxyl groups excluding tert-OH is 2. The van der Waals surface area contributed by atoms with Gasteiger partial charge in [-0.15, -0.1) is 0 Å². The molecule has 0 saturated heterocycles. The number of quaternary nitrogens is 1. The van der Waals surface area contributed by atoms with E-state index >= 15 is 9.59 Å². The highest BCUT2D eigenvalue weighted by Gasteiger charge is 2.51. The number of rotatable bonds is 48. The van der Waals surface area contributed by atoms with Crippen LogP contribution in [0.25, 0.3) is 44.5 Å². The first-order chi connectivity index (χ1) is 64.7. The molecule has 0 spiro atoms. The Bertz CT molecular complexity index is 5240. The molecule has 0 saturated carbocycles. The van der Waals surface area contributed by atoms with Gasteiger partial charge in [0.05, 0.1) is 161 Å². The Labute approximate surface area is 787 Å². The summed E-state index contributed by atoms with van der Waals surface area (Å²) in [6, 6.07) is 26.9. The molecule has 0 aromatic heterocycles. The van der Waals surface area contributed by atoms with E-state index in [1.54, 1.807) is 84.0 Å². The third-order valence-corrected chi connectivity index (χ3v) is 24.2. The number of esters is 1. The number of amides is 6. The largest absolute Gasteiger partial charge is 0.507 e. The number of aromatic hydroxyl groups is 1. The number of methoxy groups -OCH3 is 1. The van der Waals surface area contributed by atoms with E-state index in [1.807, 2.05) is 50.5 Å². The van der Waals surface area contributed by atoms with Crippen LogP contribution in [0, 0.1) is 42.4 Å². The van der Waals surface area contributed by atoms with E-state index in [2.05, 4.69) is 50.8 Å². The number of fused-ring (bicyclic) bond motifs is 5. The standard InChI is InChI=1S/C100H132N8O27/c1-60(2)85(106-81(111)34-38-122-42-44-124-46-48-126-50-52-128-54-55-129-53-51-127-49-47-125-45-43-123-40-36-103-99(120)131-59-76-74-25-16-14-23-72(74)73-24-15-17-26-75(73)76)78(110)56-69(22-19-35-102-98(101)119)97(118)104-70-29-27-68(28-30-70)58-108(11,12)37-41-130-71-31-32-77-80(57-71)134-94-86(105-77)82-83-90(114)66(8)93-84(82)95(116)100(10,135-93)132-39-33-79(121-13)63(5)92(133-67(9)109)65(7)89(113)64(6)88(112)61(3)20-18-21-62(4)96(117)107-87(94)91(83)115/h14-18,20-21,23-33,39,57,60-61,63-65,69,76,79,85,88-89,92,112-113H,19,22,34-38,40-56,58-59H2,1-13H3,(H7-,101,102,103,104,105,106,107,111,114,115,116,117,118,119,120)/p+1/b20-18+,39-33+,62-21-/t61-,63+,64+,65+,69+,79-,85-,88-,89+,92+,100-/m0/s1. The third kappa shape index (κ3) is 29.6. The number of nitrogens with two attached hydrogens (primary N) is 1. The molecule has 35 heteroatoms. The molecule has 10 rings (SSSR count). The minimum absolute atomic E-state index is 0.00214. The Hall–Kier alpha value is -11.3. The Morgan fingerprint density at radius 1 is 0.696 bits per heavy atom. The van der Waals surface area contributed by atoms with Crippen molar-refractivity contribution < 1.29 is 129 Å². The quantitative estimate of drug-likeness (QED) is 0.00562. The van der Waals surface area contributed by atoms with Crippen LogP contribution >= 0.6 is 0 Å². The zero-order chi connectivity index (χ0) is 97.5. The number of phenolic OH excluding ortho intramolecular Hbond substituents is 1. The molecule has 11 atom stereocenters. The van der Waals surface area contributed by atoms with Crippen molar-refractivity contribution in [3.05, 3.63) is 165 Å². The summed E-state index contributed by atoms with van der Waals surface area (Å²) in [4.78, 5) is 128. The molecule has 135 heavy (non-hydrogen) atoms. The third-order valence-electron chi connectivity index (χ3n) is 24.2. The maximum Gasteiger partial charge on any atom is 0.407 e. The first-order valence-corrected chi connectivity index (χ1v) is 46.0. The second kappa shape index (κ2) is 51.6. The number of anilines is 2. The molecule has 0 radical (unpaired) electrons. The van der Waals surface area contributed by atoms with E-state index in [1.165, 1.54) is 64.3 Å². The van der Waals surface area contributed by atoms with Crippen molar-refractivity contribution in [1.29, 1.82) is 0 Å². The zero-order valence-electron chi connectivity index (χ0n) is 79.5. The Balaban J connectivity index is 0.632. The van der Waals surface area contributed by atoms with Crippen LogP contribution in [0.3, 0.4) is 0 Å². The number of carbonyl (C=O) groups excluding carboxylic acids is 8. The number of phenols is 1. The Morgan fingerprint density at radius 3 is 1.87 bits per heavy atom. The molecule has 2 aliphatic carbocycles. The maximum atomic E-state index is 15.2. The van der Waals surface area contributed by atoms with Crippen molar-refractivity contribution in [3.63, 3.8) is 0 Å². The molecule has 3 aliphatic heterocycles. The Kier molecular flexibility index (Phi) is 40.4. The topological polar surface area (TPSA) is 456 Å². The number of ether oxygens (including phenoxy) is 14. The number of alkyl carbamates (subject to hydrolysis) is 1. The van der Waals surface area contributed by atoms with E-state index in [0.29, 0.717) is 128 Å². The predicted octanol–water partition coefficient (Wildman–Crippen LogP) is 10.8. The average Bonchev–Trinajstić information content (AvgIpc) is 1.60. The number of carbonyl (C=O) groups is 8. The van der Waals surface area contributed by atoms with Gasteiger partial charge in [0, 0.05) is 116 Å². The van der Waals surface area contributed by atoms with E-state index < -0.39 is 124 Å². The van der Waals surface area contributed by atoms with Gasteiger partial charge in [-0.25, -0.2) is 14.6 Å². The van der Waals surface area contributed by atoms with Crippen LogP contribution < -0.4 is 47.2 Å². The highest BCUT2D eigenvalue weighted by molar-refractivity contribution is 6.22. The number of hydrogen-bond acceptors (Lipinski definition) is 28. The van der Waals surface area contributed by atoms with Crippen LogP contribution in [0.2, 0.25) is 0 Å². The van der Waals surface area contributed by atoms with Gasteiger partial charge in [-0.3, -0.25) is 33.6 Å². The summed E-state index contributed by atoms with van der Waals surface area (Å²) in [5.41, 5.74) is 10.3. The van der Waals surface area contributed by atoms with Gasteiger partial charge < -0.3 is 123 Å². The number of nitrogens with one attached hydrogen (secondary N) is 5. The fraction of sp³-hybridized carbons (Fsp3) is 0.520. The van der Waals surface area contributed by atoms with Gasteiger partial charge >= 0.3 is 23.9 Å². The van der Waals surface area contributed by atoms with Crippen LogP contribution in [0.1, 0.15) is 127 Å². The van der Waals surface area contributed by atoms with E-state index in [-0.39, 0.29) is 132 Å². The van der Waals surface area contributed by atoms with Gasteiger partial charge in [0.1, 0.15) is 66.6 Å². The van der Waals surface area contributed by atoms with Gasteiger partial charge in [-0.2, -0.15) is 0 Å². The number of ketones is 2. The number of likely N-dealkylation sites (N-methyl/N-ethyl adjacent to an activating group) is 1. The van der Waals surface area contributed by atoms with Crippen molar-refractivity contribution >= 4 is 80.6 Å². The van der Waals surface area contributed by atoms with E-state index in [9.17, 15) is 48.9 Å². The molecule has 5 aliphatic rings. The number of allylic oxidation sites excluding steroid dienone is 2. The number of hydrogen-bond donors (Lipinski definition) is 9. The lowest BCUT2D eigenvalue weighted by atomic mass is 9.78. The van der Waals surface area contributed by atoms with Crippen molar-refractivity contribution in [1.82, 2.24) is 20.9 Å². The molecule has 5 aromatic rings. The molecular weight excluding hydrogens is 1750 g/mol. The number of benzene rings is 6. The summed E-state index contributed by atoms with van der Waals surface area (Å²) in [6.45, 7) is 23.5. The van der Waals surface area contributed by atoms with Gasteiger partial charge in [-0.05, 0) is 85.2 Å². The molecular formula is C100H133N8O27+. The number of aromatic nitrogens is 1. The van der Waals surface area contributed by atoms with Crippen molar-refractivity contribution in [3.8, 4) is 39.8 Å². The summed E-state index contributed by atoms with van der Waals surface area (Å²) < 4.78 is 87.8. The molecule has 35 nitrogen and oxygen atoms in total. The monoisotopic (exact) mass is 1880 g/mol. The minimum Gasteiger partial charge on any atom is -0.507 e. The molecule has 6 amide bonds. The number of primary amides is 1. The first kappa shape index (κ1) is 106. The fourth-order valence-corrected chi connectivity index (χ4v) is 16.6. The van der Waals surface area contributed by atoms with Crippen LogP contribution in [-0.2, 0) is 87.4 Å². The lowest BCUT2D eigenvalue weighted by molar-refractivity contribution is -0.903. The molecule has 3 heterocycles. The molecule has 10 N–H and O–H groups in total. The van der Waals surface area contributed by atoms with E-state index in [4.69, 9.17) is 81.5 Å². The fourth-order valence-electron chi connectivity index (χ4n) is 16.6. The number of nitrogens with zero attached hydrogens (tertiary/aromatic N) is 2. The lowest BCUT2D eigenvalue weighted by Gasteiger charge is -2.38. The lowest BCUT2D eigenvalue weighted by Crippen LogP contribution is -2.46. The predicted molar refractivity (Wildman–Crippen MR) is 503 cm³/mol. The van der Waals surface area contributed by atoms with Crippen LogP contribution in [0.15, 0.2) is 136 Å². The number of Topliss-reactive ketones (excluding diaryl/α,β-unsaturated/α-hetero) is 2. The Morgan fingerprint density at radius 2 is 1.29 bits per heavy atom. The summed E-state index contributed by atoms with van der Waals surface area (Å²) >= 11 is 0. The summed E-state index contributed by atoms with van der Waals surface area (Å²) in [5, 5.41) is 48.7. The van der Waals surface area contributed by atoms with E-state index in [0.717, 1.165) is 16.7 Å². The highest BCUT2D eigenvalue weighted by atomic mass is 16.7. The van der Waals surface area contributed by atoms with Crippen molar-refractivity contribution in [2.24, 2.45) is 41.2 Å². The molecule has 4 bridgehead atoms. The first-order valence-electron chi connectivity index (χ1n) is 46.0. The van der Waals surface area contributed by atoms with Gasteiger partial charge in [0.25, 0.3) is 11.7 Å². The van der Waals surface area contributed by atoms with Crippen LogP contribution in [-0.4, -0.2) is 268 Å². The van der Waals surface area contributed by atoms with Gasteiger partial charge in [0.15, 0.2) is 17.1 Å². The smallest absolute Gasteiger partial charge is 0.407 e. The average molecular weight is 1880 g/mol. The molecule has 0 fully saturated rings. The highest BCUT2D eigenvalue weighted by Crippen LogP contribution is 2.51. The zero-order valence-corrected chi connectivity index (χ0v) is 79.5. The normalized spacial score (nSPS) is 20.5. The summed E-state index contributed by atoms with van der Waals surface area (Å²) in [6.07, 6.45) is 3.10. The maximum absolute atomic E-state index is 15.2. The van der Waals surface area contributed by atoms with Gasteiger partial charge in [0.2, 0.25) is 17.2 Å². The molecule has 0 unspecified atom stereocenters. The van der Waals surface area contributed by atoms with Crippen molar-refractivity contribution in [2.45, 2.75) is 144 Å². The summed E-state index contributed by atoms with van der Waals surface area (Å²) in [5.74, 6) is -9.88. The van der Waals surface area contributed by atoms with Crippen LogP contribution in [0.5, 0.6) is 17.2 Å².